The largest absolute Gasteiger partial charge is 0.342 e. The Morgan fingerprint density at radius 2 is 1.56 bits per heavy atom. The second-order valence-corrected chi connectivity index (χ2v) is 7.13. The van der Waals surface area contributed by atoms with Gasteiger partial charge >= 0.3 is 0 Å². The molecule has 1 aliphatic heterocycles. The van der Waals surface area contributed by atoms with Gasteiger partial charge in [0, 0.05) is 39.3 Å². The summed E-state index contributed by atoms with van der Waals surface area (Å²) in [5.74, 6) is 0.336. The highest BCUT2D eigenvalue weighted by atomic mass is 16.2. The molecule has 0 bridgehead atoms. The van der Waals surface area contributed by atoms with E-state index in [1.807, 2.05) is 67.8 Å². The standard InChI is InChI=1S/C20H31N3O2/c1-5-22(6-2)18(24)16-21-12-14-23(15-13-21)19(25)20(3,4)17-10-8-7-9-11-17/h7-11H,5-6,12-16H2,1-4H3. The zero-order valence-corrected chi connectivity index (χ0v) is 16.0. The summed E-state index contributed by atoms with van der Waals surface area (Å²) < 4.78 is 0. The number of likely N-dealkylation sites (N-methyl/N-ethyl adjacent to an activating group) is 1. The SMILES string of the molecule is CCN(CC)C(=O)CN1CCN(C(=O)C(C)(C)c2ccccc2)CC1. The minimum Gasteiger partial charge on any atom is -0.342 e. The molecule has 25 heavy (non-hydrogen) atoms. The minimum absolute atomic E-state index is 0.161. The van der Waals surface area contributed by atoms with Gasteiger partial charge in [0.1, 0.15) is 0 Å². The van der Waals surface area contributed by atoms with E-state index >= 15 is 0 Å². The molecule has 138 valence electrons. The molecule has 2 amide bonds. The lowest BCUT2D eigenvalue weighted by atomic mass is 9.83. The summed E-state index contributed by atoms with van der Waals surface area (Å²) >= 11 is 0. The zero-order chi connectivity index (χ0) is 18.4. The molecule has 1 heterocycles. The number of piperazine rings is 1. The van der Waals surface area contributed by atoms with Gasteiger partial charge in [-0.25, -0.2) is 0 Å². The third kappa shape index (κ3) is 4.60. The van der Waals surface area contributed by atoms with E-state index in [4.69, 9.17) is 0 Å². The normalized spacial score (nSPS) is 15.9. The molecule has 1 saturated heterocycles. The van der Waals surface area contributed by atoms with Crippen LogP contribution in [0.2, 0.25) is 0 Å². The Labute approximate surface area is 151 Å². The van der Waals surface area contributed by atoms with Crippen molar-refractivity contribution in [2.45, 2.75) is 33.1 Å². The van der Waals surface area contributed by atoms with Crippen molar-refractivity contribution in [3.8, 4) is 0 Å². The first kappa shape index (κ1) is 19.4. The Bertz CT molecular complexity index is 574. The van der Waals surface area contributed by atoms with Crippen molar-refractivity contribution in [3.05, 3.63) is 35.9 Å². The molecule has 1 fully saturated rings. The first-order chi connectivity index (χ1) is 11.9. The predicted molar refractivity (Wildman–Crippen MR) is 100 cm³/mol. The van der Waals surface area contributed by atoms with Crippen LogP contribution in [0.1, 0.15) is 33.3 Å². The van der Waals surface area contributed by atoms with E-state index in [0.29, 0.717) is 19.6 Å². The second kappa shape index (κ2) is 8.48. The topological polar surface area (TPSA) is 43.9 Å². The number of carbonyl (C=O) groups excluding carboxylic acids is 2. The Morgan fingerprint density at radius 1 is 1.00 bits per heavy atom. The molecule has 0 radical (unpaired) electrons. The van der Waals surface area contributed by atoms with Crippen LogP contribution in [0.3, 0.4) is 0 Å². The second-order valence-electron chi connectivity index (χ2n) is 7.13. The highest BCUT2D eigenvalue weighted by Crippen LogP contribution is 2.26. The van der Waals surface area contributed by atoms with Gasteiger partial charge in [-0.1, -0.05) is 30.3 Å². The fourth-order valence-electron chi connectivity index (χ4n) is 3.35. The van der Waals surface area contributed by atoms with E-state index < -0.39 is 5.41 Å². The van der Waals surface area contributed by atoms with Gasteiger partial charge in [0.15, 0.2) is 0 Å². The Kier molecular flexibility index (Phi) is 6.59. The molecule has 5 nitrogen and oxygen atoms in total. The molecule has 1 aliphatic rings. The fourth-order valence-corrected chi connectivity index (χ4v) is 3.35. The summed E-state index contributed by atoms with van der Waals surface area (Å²) in [6.45, 7) is 12.8. The van der Waals surface area contributed by atoms with Crippen molar-refractivity contribution in [1.29, 1.82) is 0 Å². The quantitative estimate of drug-likeness (QED) is 0.792. The van der Waals surface area contributed by atoms with Gasteiger partial charge in [-0.15, -0.1) is 0 Å². The number of hydrogen-bond acceptors (Lipinski definition) is 3. The smallest absolute Gasteiger partial charge is 0.236 e. The Morgan fingerprint density at radius 3 is 2.08 bits per heavy atom. The van der Waals surface area contributed by atoms with Gasteiger partial charge in [-0.05, 0) is 33.3 Å². The van der Waals surface area contributed by atoms with Crippen LogP contribution in [0.25, 0.3) is 0 Å². The van der Waals surface area contributed by atoms with Crippen LogP contribution < -0.4 is 0 Å². The Balaban J connectivity index is 1.91. The van der Waals surface area contributed by atoms with E-state index in [9.17, 15) is 9.59 Å². The van der Waals surface area contributed by atoms with Crippen LogP contribution in [-0.4, -0.2) is 72.3 Å². The first-order valence-electron chi connectivity index (χ1n) is 9.25. The summed E-state index contributed by atoms with van der Waals surface area (Å²) in [6.07, 6.45) is 0. The molecule has 0 N–H and O–H groups in total. The van der Waals surface area contributed by atoms with Crippen LogP contribution in [0.5, 0.6) is 0 Å². The molecule has 1 aromatic rings. The maximum atomic E-state index is 13.0. The summed E-state index contributed by atoms with van der Waals surface area (Å²) in [5, 5.41) is 0. The third-order valence-corrected chi connectivity index (χ3v) is 5.16. The average molecular weight is 345 g/mol. The highest BCUT2D eigenvalue weighted by molar-refractivity contribution is 5.87. The van der Waals surface area contributed by atoms with Crippen molar-refractivity contribution in [1.82, 2.24) is 14.7 Å². The van der Waals surface area contributed by atoms with Gasteiger partial charge in [0.2, 0.25) is 11.8 Å². The number of hydrogen-bond donors (Lipinski definition) is 0. The van der Waals surface area contributed by atoms with E-state index in [0.717, 1.165) is 31.7 Å². The number of amides is 2. The molecular weight excluding hydrogens is 314 g/mol. The first-order valence-corrected chi connectivity index (χ1v) is 9.25. The Hall–Kier alpha value is -1.88. The fraction of sp³-hybridized carbons (Fsp3) is 0.600. The average Bonchev–Trinajstić information content (AvgIpc) is 2.63. The number of carbonyl (C=O) groups is 2. The molecule has 0 saturated carbocycles. The predicted octanol–water partition coefficient (Wildman–Crippen LogP) is 1.98. The molecule has 0 aromatic heterocycles. The summed E-state index contributed by atoms with van der Waals surface area (Å²) in [5.41, 5.74) is 0.514. The van der Waals surface area contributed by atoms with E-state index in [1.54, 1.807) is 0 Å². The molecule has 1 aromatic carbocycles. The van der Waals surface area contributed by atoms with Gasteiger partial charge < -0.3 is 9.80 Å². The van der Waals surface area contributed by atoms with Crippen molar-refractivity contribution in [2.75, 3.05) is 45.8 Å². The highest BCUT2D eigenvalue weighted by Gasteiger charge is 2.35. The molecule has 0 atom stereocenters. The minimum atomic E-state index is -0.527. The van der Waals surface area contributed by atoms with Crippen molar-refractivity contribution >= 4 is 11.8 Å². The van der Waals surface area contributed by atoms with Crippen molar-refractivity contribution < 1.29 is 9.59 Å². The number of nitrogens with zero attached hydrogens (tertiary/aromatic N) is 3. The number of rotatable bonds is 6. The van der Waals surface area contributed by atoms with Crippen LogP contribution in [0.15, 0.2) is 30.3 Å². The van der Waals surface area contributed by atoms with Crippen LogP contribution in [-0.2, 0) is 15.0 Å². The molecule has 5 heteroatoms. The zero-order valence-electron chi connectivity index (χ0n) is 16.0. The van der Waals surface area contributed by atoms with Gasteiger partial charge in [-0.2, -0.15) is 0 Å². The lowest BCUT2D eigenvalue weighted by Gasteiger charge is -2.39. The molecule has 2 rings (SSSR count). The van der Waals surface area contributed by atoms with Crippen LogP contribution >= 0.6 is 0 Å². The maximum Gasteiger partial charge on any atom is 0.236 e. The van der Waals surface area contributed by atoms with Crippen molar-refractivity contribution in [3.63, 3.8) is 0 Å². The lowest BCUT2D eigenvalue weighted by molar-refractivity contribution is -0.138. The monoisotopic (exact) mass is 345 g/mol. The molecule has 0 aliphatic carbocycles. The molecule has 0 spiro atoms. The third-order valence-electron chi connectivity index (χ3n) is 5.16. The lowest BCUT2D eigenvalue weighted by Crippen LogP contribution is -2.54. The summed E-state index contributed by atoms with van der Waals surface area (Å²) in [6, 6.07) is 9.94. The van der Waals surface area contributed by atoms with E-state index in [-0.39, 0.29) is 11.8 Å². The van der Waals surface area contributed by atoms with E-state index in [2.05, 4.69) is 4.90 Å². The van der Waals surface area contributed by atoms with Gasteiger partial charge in [0.05, 0.1) is 12.0 Å². The summed E-state index contributed by atoms with van der Waals surface area (Å²) in [7, 11) is 0. The van der Waals surface area contributed by atoms with Gasteiger partial charge in [0.25, 0.3) is 0 Å². The van der Waals surface area contributed by atoms with Crippen molar-refractivity contribution in [2.24, 2.45) is 0 Å². The van der Waals surface area contributed by atoms with Crippen LogP contribution in [0.4, 0.5) is 0 Å². The summed E-state index contributed by atoms with van der Waals surface area (Å²) in [4.78, 5) is 31.2. The molecular formula is C20H31N3O2. The molecule has 0 unspecified atom stereocenters. The van der Waals surface area contributed by atoms with E-state index in [1.165, 1.54) is 0 Å². The van der Waals surface area contributed by atoms with Gasteiger partial charge in [-0.3, -0.25) is 14.5 Å². The van der Waals surface area contributed by atoms with Crippen LogP contribution in [0, 0.1) is 0 Å². The maximum absolute atomic E-state index is 13.0. The number of benzene rings is 1.